The Labute approximate surface area is 143 Å². The second-order valence-corrected chi connectivity index (χ2v) is 6.83. The average Bonchev–Trinajstić information content (AvgIpc) is 3.06. The van der Waals surface area contributed by atoms with Gasteiger partial charge in [0.1, 0.15) is 18.5 Å². The first kappa shape index (κ1) is 18.0. The Bertz CT molecular complexity index is 571. The number of nitrogens with zero attached hydrogens (tertiary/aromatic N) is 1. The predicted molar refractivity (Wildman–Crippen MR) is 97.2 cm³/mol. The van der Waals surface area contributed by atoms with E-state index in [1.54, 1.807) is 11.3 Å². The van der Waals surface area contributed by atoms with Gasteiger partial charge < -0.3 is 9.84 Å². The number of aryl methyl sites for hydroxylation is 1. The smallest absolute Gasteiger partial charge is 0.122 e. The van der Waals surface area contributed by atoms with Crippen molar-refractivity contribution in [3.8, 4) is 5.75 Å². The molecule has 0 unspecified atom stereocenters. The fourth-order valence-electron chi connectivity index (χ4n) is 2.50. The monoisotopic (exact) mass is 333 g/mol. The second-order valence-electron chi connectivity index (χ2n) is 6.05. The van der Waals surface area contributed by atoms with E-state index in [0.29, 0.717) is 19.2 Å². The van der Waals surface area contributed by atoms with Crippen LogP contribution in [0.15, 0.2) is 41.1 Å². The minimum Gasteiger partial charge on any atom is -0.491 e. The van der Waals surface area contributed by atoms with Gasteiger partial charge in [-0.3, -0.25) is 4.90 Å². The average molecular weight is 333 g/mol. The largest absolute Gasteiger partial charge is 0.491 e. The molecule has 0 aliphatic heterocycles. The number of para-hydroxylation sites is 1. The van der Waals surface area contributed by atoms with Gasteiger partial charge in [0.15, 0.2) is 0 Å². The molecule has 0 aliphatic rings. The third kappa shape index (κ3) is 5.65. The highest BCUT2D eigenvalue weighted by Gasteiger charge is 2.18. The van der Waals surface area contributed by atoms with Gasteiger partial charge in [0.2, 0.25) is 0 Å². The van der Waals surface area contributed by atoms with Gasteiger partial charge in [-0.25, -0.2) is 0 Å². The minimum absolute atomic E-state index is 0.321. The summed E-state index contributed by atoms with van der Waals surface area (Å²) in [5, 5.41) is 14.7. The van der Waals surface area contributed by atoms with Crippen molar-refractivity contribution in [2.75, 3.05) is 13.2 Å². The van der Waals surface area contributed by atoms with Gasteiger partial charge in [-0.2, -0.15) is 11.3 Å². The number of hydrogen-bond donors (Lipinski definition) is 1. The SMILES string of the molecule is CC[C@H](C)N(Cc1ccsc1)C[C@H](O)COc1ccccc1C. The van der Waals surface area contributed by atoms with Gasteiger partial charge in [-0.15, -0.1) is 0 Å². The van der Waals surface area contributed by atoms with E-state index < -0.39 is 6.10 Å². The first-order chi connectivity index (χ1) is 11.1. The number of hydrogen-bond acceptors (Lipinski definition) is 4. The van der Waals surface area contributed by atoms with Crippen LogP contribution in [0, 0.1) is 6.92 Å². The molecule has 1 heterocycles. The molecule has 0 spiro atoms. The van der Waals surface area contributed by atoms with Crippen molar-refractivity contribution in [1.82, 2.24) is 4.90 Å². The Hall–Kier alpha value is -1.36. The molecular weight excluding hydrogens is 306 g/mol. The van der Waals surface area contributed by atoms with E-state index in [9.17, 15) is 5.11 Å². The number of thiophene rings is 1. The second kappa shape index (κ2) is 9.06. The molecule has 1 aromatic heterocycles. The highest BCUT2D eigenvalue weighted by molar-refractivity contribution is 7.07. The molecule has 2 aromatic rings. The van der Waals surface area contributed by atoms with Crippen molar-refractivity contribution in [3.63, 3.8) is 0 Å². The lowest BCUT2D eigenvalue weighted by Gasteiger charge is -2.30. The first-order valence-electron chi connectivity index (χ1n) is 8.21. The fraction of sp³-hybridized carbons (Fsp3) is 0.474. The maximum Gasteiger partial charge on any atom is 0.122 e. The minimum atomic E-state index is -0.498. The van der Waals surface area contributed by atoms with E-state index in [2.05, 4.69) is 35.6 Å². The Morgan fingerprint density at radius 3 is 2.70 bits per heavy atom. The van der Waals surface area contributed by atoms with Crippen molar-refractivity contribution in [1.29, 1.82) is 0 Å². The molecular formula is C19H27NO2S. The quantitative estimate of drug-likeness (QED) is 0.750. The van der Waals surface area contributed by atoms with Crippen LogP contribution in [-0.2, 0) is 6.54 Å². The molecule has 126 valence electrons. The van der Waals surface area contributed by atoms with Crippen LogP contribution in [0.25, 0.3) is 0 Å². The maximum atomic E-state index is 10.4. The summed E-state index contributed by atoms with van der Waals surface area (Å²) >= 11 is 1.72. The molecule has 2 atom stereocenters. The lowest BCUT2D eigenvalue weighted by Crippen LogP contribution is -2.40. The number of rotatable bonds is 9. The molecule has 0 saturated heterocycles. The summed E-state index contributed by atoms with van der Waals surface area (Å²) < 4.78 is 5.77. The molecule has 0 saturated carbocycles. The van der Waals surface area contributed by atoms with Gasteiger partial charge in [-0.1, -0.05) is 25.1 Å². The van der Waals surface area contributed by atoms with Crippen LogP contribution < -0.4 is 4.74 Å². The zero-order chi connectivity index (χ0) is 16.7. The van der Waals surface area contributed by atoms with E-state index >= 15 is 0 Å². The number of aliphatic hydroxyl groups is 1. The Morgan fingerprint density at radius 2 is 2.04 bits per heavy atom. The fourth-order valence-corrected chi connectivity index (χ4v) is 3.16. The normalized spacial score (nSPS) is 14.0. The van der Waals surface area contributed by atoms with Gasteiger partial charge in [0, 0.05) is 19.1 Å². The van der Waals surface area contributed by atoms with Crippen molar-refractivity contribution in [2.45, 2.75) is 45.9 Å². The van der Waals surface area contributed by atoms with E-state index in [4.69, 9.17) is 4.74 Å². The summed E-state index contributed by atoms with van der Waals surface area (Å²) in [6, 6.07) is 10.5. The molecule has 3 nitrogen and oxygen atoms in total. The molecule has 0 aliphatic carbocycles. The summed E-state index contributed by atoms with van der Waals surface area (Å²) in [6.07, 6.45) is 0.567. The van der Waals surface area contributed by atoms with Crippen molar-refractivity contribution in [3.05, 3.63) is 52.2 Å². The van der Waals surface area contributed by atoms with Crippen molar-refractivity contribution < 1.29 is 9.84 Å². The van der Waals surface area contributed by atoms with Crippen LogP contribution >= 0.6 is 11.3 Å². The first-order valence-corrected chi connectivity index (χ1v) is 9.16. The summed E-state index contributed by atoms with van der Waals surface area (Å²) in [6.45, 7) is 8.23. The molecule has 23 heavy (non-hydrogen) atoms. The van der Waals surface area contributed by atoms with Crippen LogP contribution in [-0.4, -0.2) is 35.3 Å². The highest BCUT2D eigenvalue weighted by atomic mass is 32.1. The topological polar surface area (TPSA) is 32.7 Å². The molecule has 0 fully saturated rings. The lowest BCUT2D eigenvalue weighted by atomic mass is 10.1. The Balaban J connectivity index is 1.89. The van der Waals surface area contributed by atoms with E-state index in [1.807, 2.05) is 31.2 Å². The molecule has 0 radical (unpaired) electrons. The third-order valence-corrected chi connectivity index (χ3v) is 4.88. The summed E-state index contributed by atoms with van der Waals surface area (Å²) in [4.78, 5) is 2.33. The van der Waals surface area contributed by atoms with E-state index in [1.165, 1.54) is 5.56 Å². The van der Waals surface area contributed by atoms with Crippen molar-refractivity contribution >= 4 is 11.3 Å². The Kier molecular flexibility index (Phi) is 7.09. The van der Waals surface area contributed by atoms with Gasteiger partial charge in [0.25, 0.3) is 0 Å². The number of ether oxygens (including phenoxy) is 1. The van der Waals surface area contributed by atoms with E-state index in [0.717, 1.165) is 24.3 Å². The molecule has 2 rings (SSSR count). The standard InChI is InChI=1S/C19H27NO2S/c1-4-16(3)20(11-17-9-10-23-14-17)12-18(21)13-22-19-8-6-5-7-15(19)2/h5-10,14,16,18,21H,4,11-13H2,1-3H3/t16-,18-/m0/s1. The van der Waals surface area contributed by atoms with Crippen LogP contribution in [0.2, 0.25) is 0 Å². The van der Waals surface area contributed by atoms with Crippen LogP contribution in [0.3, 0.4) is 0 Å². The van der Waals surface area contributed by atoms with Crippen molar-refractivity contribution in [2.24, 2.45) is 0 Å². The summed E-state index contributed by atoms with van der Waals surface area (Å²) in [7, 11) is 0. The summed E-state index contributed by atoms with van der Waals surface area (Å²) in [5.74, 6) is 0.847. The van der Waals surface area contributed by atoms with Crippen LogP contribution in [0.4, 0.5) is 0 Å². The van der Waals surface area contributed by atoms with Crippen LogP contribution in [0.5, 0.6) is 5.75 Å². The number of benzene rings is 1. The van der Waals surface area contributed by atoms with Gasteiger partial charge >= 0.3 is 0 Å². The molecule has 1 N–H and O–H groups in total. The number of aliphatic hydroxyl groups excluding tert-OH is 1. The maximum absolute atomic E-state index is 10.4. The zero-order valence-corrected chi connectivity index (χ0v) is 15.1. The zero-order valence-electron chi connectivity index (χ0n) is 14.2. The lowest BCUT2D eigenvalue weighted by molar-refractivity contribution is 0.0505. The van der Waals surface area contributed by atoms with Gasteiger partial charge in [-0.05, 0) is 54.3 Å². The van der Waals surface area contributed by atoms with Gasteiger partial charge in [0.05, 0.1) is 0 Å². The van der Waals surface area contributed by atoms with E-state index in [-0.39, 0.29) is 0 Å². The molecule has 0 bridgehead atoms. The Morgan fingerprint density at radius 1 is 1.26 bits per heavy atom. The molecule has 1 aromatic carbocycles. The molecule has 4 heteroatoms. The molecule has 0 amide bonds. The summed E-state index contributed by atoms with van der Waals surface area (Å²) in [5.41, 5.74) is 2.40. The van der Waals surface area contributed by atoms with Crippen LogP contribution in [0.1, 0.15) is 31.4 Å². The highest BCUT2D eigenvalue weighted by Crippen LogP contribution is 2.17. The third-order valence-electron chi connectivity index (χ3n) is 4.15. The predicted octanol–water partition coefficient (Wildman–Crippen LogP) is 4.10.